The Labute approximate surface area is 153 Å². The average Bonchev–Trinajstić information content (AvgIpc) is 3.31. The zero-order chi connectivity index (χ0) is 17.9. The molecule has 1 aromatic carbocycles. The highest BCUT2D eigenvalue weighted by Crippen LogP contribution is 2.26. The van der Waals surface area contributed by atoms with Crippen LogP contribution in [0.5, 0.6) is 5.75 Å². The van der Waals surface area contributed by atoms with Gasteiger partial charge in [-0.15, -0.1) is 0 Å². The van der Waals surface area contributed by atoms with E-state index < -0.39 is 0 Å². The molecule has 1 amide bonds. The number of hydrogen-bond acceptors (Lipinski definition) is 5. The van der Waals surface area contributed by atoms with Crippen molar-refractivity contribution in [3.8, 4) is 11.8 Å². The number of likely N-dealkylation sites (tertiary alicyclic amines) is 2. The molecule has 26 heavy (non-hydrogen) atoms. The van der Waals surface area contributed by atoms with Gasteiger partial charge in [0.2, 0.25) is 5.91 Å². The van der Waals surface area contributed by atoms with Crippen LogP contribution in [-0.4, -0.2) is 59.0 Å². The van der Waals surface area contributed by atoms with E-state index in [1.165, 1.54) is 0 Å². The summed E-state index contributed by atoms with van der Waals surface area (Å²) in [6, 6.07) is 11.8. The zero-order valence-electron chi connectivity index (χ0n) is 14.7. The van der Waals surface area contributed by atoms with Gasteiger partial charge in [0.1, 0.15) is 17.9 Å². The monoisotopic (exact) mass is 350 g/mol. The minimum absolute atomic E-state index is 0.0593. The minimum Gasteiger partial charge on any atom is -0.488 e. The Hall–Kier alpha value is -2.65. The number of hydrogen-bond donors (Lipinski definition) is 0. The van der Waals surface area contributed by atoms with Crippen molar-refractivity contribution in [2.75, 3.05) is 26.2 Å². The van der Waals surface area contributed by atoms with E-state index in [2.05, 4.69) is 16.0 Å². The van der Waals surface area contributed by atoms with E-state index in [0.29, 0.717) is 13.1 Å². The van der Waals surface area contributed by atoms with Crippen molar-refractivity contribution in [3.05, 3.63) is 36.5 Å². The summed E-state index contributed by atoms with van der Waals surface area (Å²) in [4.78, 5) is 20.7. The molecule has 2 saturated heterocycles. The fraction of sp³-hybridized carbons (Fsp3) is 0.450. The maximum atomic E-state index is 12.5. The van der Waals surface area contributed by atoms with Crippen LogP contribution in [0.2, 0.25) is 0 Å². The number of carbonyl (C=O) groups is 1. The number of nitriles is 1. The molecule has 0 radical (unpaired) electrons. The number of aromatic nitrogens is 1. The molecule has 0 spiro atoms. The molecule has 2 atom stereocenters. The van der Waals surface area contributed by atoms with E-state index in [1.54, 1.807) is 11.1 Å². The predicted molar refractivity (Wildman–Crippen MR) is 97.6 cm³/mol. The molecule has 2 aliphatic rings. The van der Waals surface area contributed by atoms with Gasteiger partial charge in [0, 0.05) is 31.2 Å². The first-order valence-corrected chi connectivity index (χ1v) is 9.16. The fourth-order valence-electron chi connectivity index (χ4n) is 3.87. The van der Waals surface area contributed by atoms with E-state index in [-0.39, 0.29) is 18.1 Å². The third kappa shape index (κ3) is 3.35. The van der Waals surface area contributed by atoms with Crippen molar-refractivity contribution in [1.29, 1.82) is 5.26 Å². The number of nitrogens with zero attached hydrogens (tertiary/aromatic N) is 4. The summed E-state index contributed by atoms with van der Waals surface area (Å²) in [6.07, 6.45) is 4.45. The van der Waals surface area contributed by atoms with Crippen molar-refractivity contribution < 1.29 is 9.53 Å². The van der Waals surface area contributed by atoms with Gasteiger partial charge in [-0.3, -0.25) is 14.7 Å². The standard InChI is InChI=1S/C20H22N4O2/c21-12-15-4-3-10-24(15)20(25)14-23-11-8-16(13-23)26-19-7-9-22-18-6-2-1-5-17(18)19/h1-2,5-7,9,15-16H,3-4,8,10-11,13-14H2/t15?,16-/m0/s1. The van der Waals surface area contributed by atoms with Gasteiger partial charge in [0.05, 0.1) is 18.1 Å². The Morgan fingerprint density at radius 3 is 3.04 bits per heavy atom. The van der Waals surface area contributed by atoms with Gasteiger partial charge >= 0.3 is 0 Å². The molecule has 0 saturated carbocycles. The van der Waals surface area contributed by atoms with E-state index in [4.69, 9.17) is 10.00 Å². The van der Waals surface area contributed by atoms with Crippen LogP contribution in [0.3, 0.4) is 0 Å². The number of ether oxygens (including phenoxy) is 1. The Morgan fingerprint density at radius 2 is 2.15 bits per heavy atom. The topological polar surface area (TPSA) is 69.5 Å². The predicted octanol–water partition coefficient (Wildman–Crippen LogP) is 2.20. The first-order chi connectivity index (χ1) is 12.7. The molecule has 134 valence electrons. The molecule has 1 aromatic heterocycles. The lowest BCUT2D eigenvalue weighted by Gasteiger charge is -2.23. The van der Waals surface area contributed by atoms with E-state index in [9.17, 15) is 4.79 Å². The molecule has 2 aromatic rings. The van der Waals surface area contributed by atoms with Crippen molar-refractivity contribution in [3.63, 3.8) is 0 Å². The largest absolute Gasteiger partial charge is 0.488 e. The Kier molecular flexibility index (Phi) is 4.72. The number of amides is 1. The molecule has 2 fully saturated rings. The smallest absolute Gasteiger partial charge is 0.237 e. The van der Waals surface area contributed by atoms with Gasteiger partial charge in [0.25, 0.3) is 0 Å². The number of para-hydroxylation sites is 1. The van der Waals surface area contributed by atoms with E-state index in [1.807, 2.05) is 30.3 Å². The summed E-state index contributed by atoms with van der Waals surface area (Å²) in [5.74, 6) is 0.905. The number of benzene rings is 1. The summed E-state index contributed by atoms with van der Waals surface area (Å²) in [7, 11) is 0. The number of pyridine rings is 1. The summed E-state index contributed by atoms with van der Waals surface area (Å²) in [6.45, 7) is 2.64. The number of carbonyl (C=O) groups excluding carboxylic acids is 1. The lowest BCUT2D eigenvalue weighted by Crippen LogP contribution is -2.42. The molecule has 0 bridgehead atoms. The molecule has 4 rings (SSSR count). The van der Waals surface area contributed by atoms with Crippen LogP contribution < -0.4 is 4.74 Å². The molecule has 6 heteroatoms. The van der Waals surface area contributed by atoms with Crippen LogP contribution in [0.25, 0.3) is 10.9 Å². The number of fused-ring (bicyclic) bond motifs is 1. The molecule has 6 nitrogen and oxygen atoms in total. The minimum atomic E-state index is -0.250. The Bertz CT molecular complexity index is 842. The lowest BCUT2D eigenvalue weighted by atomic mass is 10.2. The summed E-state index contributed by atoms with van der Waals surface area (Å²) in [5, 5.41) is 10.2. The SMILES string of the molecule is N#CC1CCCN1C(=O)CN1CC[C@H](Oc2ccnc3ccccc23)C1. The first kappa shape index (κ1) is 16.8. The van der Waals surface area contributed by atoms with Gasteiger partial charge < -0.3 is 9.64 Å². The quantitative estimate of drug-likeness (QED) is 0.845. The van der Waals surface area contributed by atoms with Gasteiger partial charge in [-0.2, -0.15) is 5.26 Å². The lowest BCUT2D eigenvalue weighted by molar-refractivity contribution is -0.132. The highest BCUT2D eigenvalue weighted by atomic mass is 16.5. The van der Waals surface area contributed by atoms with Crippen molar-refractivity contribution in [1.82, 2.24) is 14.8 Å². The van der Waals surface area contributed by atoms with Gasteiger partial charge in [-0.25, -0.2) is 0 Å². The first-order valence-electron chi connectivity index (χ1n) is 9.16. The van der Waals surface area contributed by atoms with Crippen LogP contribution in [-0.2, 0) is 4.79 Å². The molecular formula is C20H22N4O2. The average molecular weight is 350 g/mol. The van der Waals surface area contributed by atoms with Gasteiger partial charge in [-0.05, 0) is 37.5 Å². The highest BCUT2D eigenvalue weighted by molar-refractivity contribution is 5.84. The van der Waals surface area contributed by atoms with Crippen LogP contribution in [0.1, 0.15) is 19.3 Å². The summed E-state index contributed by atoms with van der Waals surface area (Å²) in [5.41, 5.74) is 0.923. The fourth-order valence-corrected chi connectivity index (χ4v) is 3.87. The molecule has 2 aliphatic heterocycles. The van der Waals surface area contributed by atoms with Crippen molar-refractivity contribution in [2.24, 2.45) is 0 Å². The third-order valence-corrected chi connectivity index (χ3v) is 5.21. The second kappa shape index (κ2) is 7.30. The maximum Gasteiger partial charge on any atom is 0.237 e. The maximum absolute atomic E-state index is 12.5. The molecule has 1 unspecified atom stereocenters. The highest BCUT2D eigenvalue weighted by Gasteiger charge is 2.32. The van der Waals surface area contributed by atoms with Crippen LogP contribution in [0.4, 0.5) is 0 Å². The van der Waals surface area contributed by atoms with E-state index >= 15 is 0 Å². The molecule has 0 N–H and O–H groups in total. The summed E-state index contributed by atoms with van der Waals surface area (Å²) < 4.78 is 6.21. The Morgan fingerprint density at radius 1 is 1.27 bits per heavy atom. The van der Waals surface area contributed by atoms with Crippen LogP contribution in [0.15, 0.2) is 36.5 Å². The van der Waals surface area contributed by atoms with Crippen LogP contribution >= 0.6 is 0 Å². The Balaban J connectivity index is 1.37. The molecule has 3 heterocycles. The van der Waals surface area contributed by atoms with Crippen molar-refractivity contribution in [2.45, 2.75) is 31.4 Å². The van der Waals surface area contributed by atoms with Crippen LogP contribution in [0, 0.1) is 11.3 Å². The zero-order valence-corrected chi connectivity index (χ0v) is 14.7. The molecule has 0 aliphatic carbocycles. The normalized spacial score (nSPS) is 23.3. The van der Waals surface area contributed by atoms with Crippen molar-refractivity contribution >= 4 is 16.8 Å². The van der Waals surface area contributed by atoms with Gasteiger partial charge in [-0.1, -0.05) is 12.1 Å². The van der Waals surface area contributed by atoms with Gasteiger partial charge in [0.15, 0.2) is 0 Å². The summed E-state index contributed by atoms with van der Waals surface area (Å²) >= 11 is 0. The third-order valence-electron chi connectivity index (χ3n) is 5.21. The van der Waals surface area contributed by atoms with E-state index in [0.717, 1.165) is 49.0 Å². The second-order valence-corrected chi connectivity index (χ2v) is 6.96. The molecular weight excluding hydrogens is 328 g/mol. The second-order valence-electron chi connectivity index (χ2n) is 6.96. The number of rotatable bonds is 4.